The summed E-state index contributed by atoms with van der Waals surface area (Å²) in [4.78, 5) is 88.5. The fourth-order valence-corrected chi connectivity index (χ4v) is 4.11. The van der Waals surface area contributed by atoms with Crippen LogP contribution in [0.3, 0.4) is 0 Å². The molecule has 0 aromatic rings. The number of hydrogen-bond acceptors (Lipinski definition) is 7. The summed E-state index contributed by atoms with van der Waals surface area (Å²) < 4.78 is 0. The normalized spacial score (nSPS) is 15.9. The molecule has 1 rings (SSSR count). The molecule has 40 heavy (non-hydrogen) atoms. The highest BCUT2D eigenvalue weighted by Crippen LogP contribution is 2.12. The van der Waals surface area contributed by atoms with Gasteiger partial charge in [-0.2, -0.15) is 0 Å². The van der Waals surface area contributed by atoms with Crippen LogP contribution < -0.4 is 26.6 Å². The van der Waals surface area contributed by atoms with Crippen LogP contribution >= 0.6 is 0 Å². The van der Waals surface area contributed by atoms with Crippen LogP contribution in [0.4, 0.5) is 4.79 Å². The van der Waals surface area contributed by atoms with E-state index in [-0.39, 0.29) is 12.3 Å². The number of hydrogen-bond donors (Lipinski definition) is 7. The summed E-state index contributed by atoms with van der Waals surface area (Å²) in [7, 11) is 1.36. The van der Waals surface area contributed by atoms with E-state index in [4.69, 9.17) is 0 Å². The highest BCUT2D eigenvalue weighted by atomic mass is 16.4. The largest absolute Gasteiger partial charge is 0.481 e. The lowest BCUT2D eigenvalue weighted by atomic mass is 10.0. The number of amides is 6. The number of aliphatic carboxylic acids is 2. The Morgan fingerprint density at radius 3 is 1.68 bits per heavy atom. The minimum atomic E-state index is -1.69. The van der Waals surface area contributed by atoms with E-state index in [1.54, 1.807) is 27.7 Å². The minimum absolute atomic E-state index is 0.0623. The second-order valence-corrected chi connectivity index (χ2v) is 10.5. The van der Waals surface area contributed by atoms with E-state index in [0.717, 1.165) is 12.8 Å². The van der Waals surface area contributed by atoms with Gasteiger partial charge in [0.05, 0.1) is 12.8 Å². The second kappa shape index (κ2) is 16.3. The molecule has 0 aromatic carbocycles. The van der Waals surface area contributed by atoms with Gasteiger partial charge in [0.1, 0.15) is 24.2 Å². The molecule has 7 N–H and O–H groups in total. The third kappa shape index (κ3) is 11.5. The van der Waals surface area contributed by atoms with Crippen LogP contribution in [0.25, 0.3) is 0 Å². The summed E-state index contributed by atoms with van der Waals surface area (Å²) in [5, 5.41) is 30.5. The molecule has 15 nitrogen and oxygen atoms in total. The summed E-state index contributed by atoms with van der Waals surface area (Å²) in [6.07, 6.45) is 0.269. The molecule has 0 unspecified atom stereocenters. The van der Waals surface area contributed by atoms with Crippen molar-refractivity contribution in [2.24, 2.45) is 11.8 Å². The molecule has 6 amide bonds. The van der Waals surface area contributed by atoms with Crippen LogP contribution in [0.5, 0.6) is 0 Å². The Morgan fingerprint density at radius 2 is 1.23 bits per heavy atom. The first-order valence-corrected chi connectivity index (χ1v) is 13.3. The van der Waals surface area contributed by atoms with Crippen LogP contribution in [-0.2, 0) is 28.8 Å². The summed E-state index contributed by atoms with van der Waals surface area (Å²) >= 11 is 0. The lowest BCUT2D eigenvalue weighted by Gasteiger charge is -2.27. The van der Waals surface area contributed by atoms with Crippen molar-refractivity contribution in [3.05, 3.63) is 0 Å². The Kier molecular flexibility index (Phi) is 13.9. The maximum Gasteiger partial charge on any atom is 0.326 e. The molecule has 226 valence electrons. The predicted molar refractivity (Wildman–Crippen MR) is 142 cm³/mol. The SMILES string of the molecule is CNC(=O)N[C@H](C(=O)N[C@@H](CC(=O)N1CCCC1)C(=O)N[C@@H](CC(=O)O)C(=O)N[C@@H](CC(C)C)C(=O)O)C(C)C. The molecule has 15 heteroatoms. The zero-order valence-electron chi connectivity index (χ0n) is 23.6. The van der Waals surface area contributed by atoms with Gasteiger partial charge in [-0.25, -0.2) is 9.59 Å². The topological polar surface area (TPSA) is 223 Å². The molecule has 1 heterocycles. The van der Waals surface area contributed by atoms with Crippen molar-refractivity contribution in [3.8, 4) is 0 Å². The Labute approximate surface area is 233 Å². The number of urea groups is 1. The van der Waals surface area contributed by atoms with Crippen molar-refractivity contribution >= 4 is 41.6 Å². The van der Waals surface area contributed by atoms with E-state index >= 15 is 0 Å². The van der Waals surface area contributed by atoms with Gasteiger partial charge in [0.25, 0.3) is 0 Å². The average molecular weight is 571 g/mol. The number of carboxylic acid groups (broad SMARTS) is 2. The molecule has 1 aliphatic rings. The van der Waals surface area contributed by atoms with Gasteiger partial charge in [-0.3, -0.25) is 24.0 Å². The Balaban J connectivity index is 3.20. The Bertz CT molecular complexity index is 949. The number of likely N-dealkylation sites (tertiary alicyclic amines) is 1. The number of carboxylic acids is 2. The third-order valence-electron chi connectivity index (χ3n) is 6.27. The van der Waals surface area contributed by atoms with Crippen LogP contribution in [0.1, 0.15) is 59.8 Å². The Morgan fingerprint density at radius 1 is 0.725 bits per heavy atom. The fraction of sp³-hybridized carbons (Fsp3) is 0.720. The summed E-state index contributed by atoms with van der Waals surface area (Å²) in [5.74, 6) is -6.54. The first-order chi connectivity index (χ1) is 18.7. The van der Waals surface area contributed by atoms with Gasteiger partial charge in [0.15, 0.2) is 0 Å². The molecular weight excluding hydrogens is 528 g/mol. The summed E-state index contributed by atoms with van der Waals surface area (Å²) in [5.41, 5.74) is 0. The zero-order chi connectivity index (χ0) is 30.6. The van der Waals surface area contributed by atoms with Crippen LogP contribution in [0.15, 0.2) is 0 Å². The predicted octanol–water partition coefficient (Wildman–Crippen LogP) is -0.988. The molecule has 0 saturated carbocycles. The standard InChI is InChI=1S/C25H42N6O9/c1-13(2)10-17(24(38)39)29-22(36)16(12-19(33)34)27-21(35)15(11-18(32)31-8-6-7-9-31)28-23(37)20(14(3)4)30-25(40)26-5/h13-17,20H,6-12H2,1-5H3,(H,27,35)(H,28,37)(H,29,36)(H,33,34)(H,38,39)(H2,26,30,40)/t15-,16-,17-,20-/m0/s1. The highest BCUT2D eigenvalue weighted by Gasteiger charge is 2.35. The van der Waals surface area contributed by atoms with Gasteiger partial charge >= 0.3 is 18.0 Å². The highest BCUT2D eigenvalue weighted by molar-refractivity contribution is 5.98. The molecule has 0 aromatic heterocycles. The number of carbonyl (C=O) groups is 7. The zero-order valence-corrected chi connectivity index (χ0v) is 23.6. The molecule has 0 aliphatic carbocycles. The van der Waals surface area contributed by atoms with E-state index in [2.05, 4.69) is 26.6 Å². The van der Waals surface area contributed by atoms with Crippen molar-refractivity contribution in [2.45, 2.75) is 84.0 Å². The van der Waals surface area contributed by atoms with E-state index in [9.17, 15) is 43.8 Å². The van der Waals surface area contributed by atoms with Crippen molar-refractivity contribution in [1.82, 2.24) is 31.5 Å². The van der Waals surface area contributed by atoms with Gasteiger partial charge in [0, 0.05) is 20.1 Å². The molecule has 0 radical (unpaired) electrons. The summed E-state index contributed by atoms with van der Waals surface area (Å²) in [6, 6.07) is -6.25. The molecule has 1 fully saturated rings. The molecule has 0 bridgehead atoms. The van der Waals surface area contributed by atoms with Gasteiger partial charge in [-0.05, 0) is 31.1 Å². The third-order valence-corrected chi connectivity index (χ3v) is 6.27. The van der Waals surface area contributed by atoms with Crippen LogP contribution in [0, 0.1) is 11.8 Å². The molecule has 0 spiro atoms. The number of carbonyl (C=O) groups excluding carboxylic acids is 5. The van der Waals surface area contributed by atoms with E-state index in [1.807, 2.05) is 0 Å². The monoisotopic (exact) mass is 570 g/mol. The molecule has 1 aliphatic heterocycles. The van der Waals surface area contributed by atoms with Gasteiger partial charge in [-0.15, -0.1) is 0 Å². The fourth-order valence-electron chi connectivity index (χ4n) is 4.11. The number of rotatable bonds is 15. The Hall–Kier alpha value is -3.91. The number of nitrogens with zero attached hydrogens (tertiary/aromatic N) is 1. The van der Waals surface area contributed by atoms with Crippen molar-refractivity contribution < 1.29 is 43.8 Å². The first-order valence-electron chi connectivity index (χ1n) is 13.3. The quantitative estimate of drug-likeness (QED) is 0.128. The average Bonchev–Trinajstić information content (AvgIpc) is 3.40. The van der Waals surface area contributed by atoms with E-state index < -0.39 is 84.5 Å². The smallest absolute Gasteiger partial charge is 0.326 e. The van der Waals surface area contributed by atoms with Gasteiger partial charge in [0.2, 0.25) is 23.6 Å². The molecular formula is C25H42N6O9. The van der Waals surface area contributed by atoms with Crippen molar-refractivity contribution in [2.75, 3.05) is 20.1 Å². The molecule has 4 atom stereocenters. The second-order valence-electron chi connectivity index (χ2n) is 10.5. The number of nitrogens with one attached hydrogen (secondary N) is 5. The van der Waals surface area contributed by atoms with Gasteiger partial charge < -0.3 is 41.7 Å². The van der Waals surface area contributed by atoms with Gasteiger partial charge in [-0.1, -0.05) is 27.7 Å². The lowest BCUT2D eigenvalue weighted by Crippen LogP contribution is -2.60. The maximum atomic E-state index is 13.3. The molecule has 1 saturated heterocycles. The van der Waals surface area contributed by atoms with Crippen molar-refractivity contribution in [3.63, 3.8) is 0 Å². The van der Waals surface area contributed by atoms with Crippen LogP contribution in [-0.4, -0.2) is 101 Å². The van der Waals surface area contributed by atoms with E-state index in [1.165, 1.54) is 11.9 Å². The minimum Gasteiger partial charge on any atom is -0.481 e. The first kappa shape index (κ1) is 34.1. The lowest BCUT2D eigenvalue weighted by molar-refractivity contribution is -0.144. The van der Waals surface area contributed by atoms with Crippen LogP contribution in [0.2, 0.25) is 0 Å². The van der Waals surface area contributed by atoms with Crippen molar-refractivity contribution in [1.29, 1.82) is 0 Å². The van der Waals surface area contributed by atoms with E-state index in [0.29, 0.717) is 13.1 Å². The summed E-state index contributed by atoms with van der Waals surface area (Å²) in [6.45, 7) is 7.76. The maximum absolute atomic E-state index is 13.3.